The van der Waals surface area contributed by atoms with Gasteiger partial charge in [0.25, 0.3) is 0 Å². The summed E-state index contributed by atoms with van der Waals surface area (Å²) in [6.07, 6.45) is 13.5. The van der Waals surface area contributed by atoms with Crippen molar-refractivity contribution in [1.82, 2.24) is 25.3 Å². The number of ether oxygens (including phenoxy) is 2. The van der Waals surface area contributed by atoms with Crippen LogP contribution in [0.1, 0.15) is 119 Å². The maximum Gasteiger partial charge on any atom is 0.324 e. The zero-order chi connectivity index (χ0) is 58.1. The number of halogens is 10. The van der Waals surface area contributed by atoms with Crippen LogP contribution in [0.15, 0.2) is 12.4 Å². The van der Waals surface area contributed by atoms with Gasteiger partial charge in [-0.25, -0.2) is 19.0 Å². The molecule has 7 N–H and O–H groups in total. The van der Waals surface area contributed by atoms with Gasteiger partial charge in [0.15, 0.2) is 5.78 Å². The van der Waals surface area contributed by atoms with E-state index in [1.54, 1.807) is 11.8 Å². The van der Waals surface area contributed by atoms with Crippen LogP contribution in [0.4, 0.5) is 17.2 Å². The molecule has 35 heteroatoms. The maximum atomic E-state index is 12.1. The predicted molar refractivity (Wildman–Crippen MR) is 323 cm³/mol. The topological polar surface area (TPSA) is 366 Å². The number of nitrogens with zero attached hydrogens (tertiary/aromatic N) is 7. The first-order chi connectivity index (χ1) is 34.8. The van der Waals surface area contributed by atoms with E-state index in [2.05, 4.69) is 126 Å². The van der Waals surface area contributed by atoms with Gasteiger partial charge < -0.3 is 41.4 Å². The largest absolute Gasteiger partial charge is 0.324 e. The average Bonchev–Trinajstić information content (AvgIpc) is 3.32. The van der Waals surface area contributed by atoms with Crippen LogP contribution in [-0.4, -0.2) is 131 Å². The summed E-state index contributed by atoms with van der Waals surface area (Å²) in [5.41, 5.74) is 9.65. The Morgan fingerprint density at radius 3 is 1.52 bits per heavy atom. The number of carboxylic acids is 1. The van der Waals surface area contributed by atoms with Crippen LogP contribution in [-0.2, 0) is 42.7 Å². The first-order valence-corrected chi connectivity index (χ1v) is 44.5. The summed E-state index contributed by atoms with van der Waals surface area (Å²) in [5.74, 6) is -1.28. The van der Waals surface area contributed by atoms with Gasteiger partial charge in [0.05, 0.1) is 30.1 Å². The number of carbonyl (C=O) groups is 5. The van der Waals surface area contributed by atoms with E-state index < -0.39 is 49.1 Å². The van der Waals surface area contributed by atoms with E-state index in [9.17, 15) is 44.2 Å². The number of methoxy groups -OCH3 is 2. The second kappa shape index (κ2) is 51.7. The van der Waals surface area contributed by atoms with Crippen molar-refractivity contribution in [2.75, 3.05) is 25.7 Å². The third kappa shape index (κ3) is 39.6. The van der Waals surface area contributed by atoms with Crippen LogP contribution >= 0.6 is 131 Å². The third-order valence-corrected chi connectivity index (χ3v) is 10.5. The minimum atomic E-state index is -1.67. The van der Waals surface area contributed by atoms with Crippen molar-refractivity contribution in [1.29, 1.82) is 0 Å². The van der Waals surface area contributed by atoms with Crippen molar-refractivity contribution < 1.29 is 71.0 Å². The van der Waals surface area contributed by atoms with Crippen molar-refractivity contribution >= 4 is 187 Å². The molecule has 0 aliphatic heterocycles. The summed E-state index contributed by atoms with van der Waals surface area (Å²) in [5, 5.41) is 40.9. The number of esters is 2. The second-order valence-corrected chi connectivity index (χ2v) is 34.3. The van der Waals surface area contributed by atoms with Crippen LogP contribution in [0.25, 0.3) is 0 Å². The molecule has 0 unspecified atom stereocenters. The molecule has 3 fully saturated rings. The summed E-state index contributed by atoms with van der Waals surface area (Å²) in [4.78, 5) is 89.5. The Balaban J connectivity index is -0.000000267. The second-order valence-electron chi connectivity index (χ2n) is 14.5. The molecule has 3 aliphatic carbocycles. The molecule has 3 saturated carbocycles. The number of aliphatic hydroxyl groups is 1. The Labute approximate surface area is 516 Å². The number of carboxylic acid groups (broad SMARTS) is 1. The molecule has 0 spiro atoms. The fourth-order valence-corrected chi connectivity index (χ4v) is 5.70. The normalized spacial score (nSPS) is 14.2. The molecule has 0 radical (unpaired) electrons. The van der Waals surface area contributed by atoms with E-state index in [-0.39, 0.29) is 70.8 Å². The molecule has 5 rings (SSSR count). The maximum absolute atomic E-state index is 12.1. The fourth-order valence-electron chi connectivity index (χ4n) is 5.20. The minimum Gasteiger partial charge on any atom is -0.300 e. The smallest absolute Gasteiger partial charge is 0.300 e. The Morgan fingerprint density at radius 1 is 0.840 bits per heavy atom. The molecular formula is C40H65Cl5I5N10O14S-. The molecule has 2 aromatic heterocycles. The summed E-state index contributed by atoms with van der Waals surface area (Å²) in [7, 11) is 9.99. The molecule has 2 heterocycles. The van der Waals surface area contributed by atoms with Gasteiger partial charge in [-0.1, -0.05) is 53.1 Å². The Morgan fingerprint density at radius 2 is 1.27 bits per heavy atom. The van der Waals surface area contributed by atoms with E-state index >= 15 is 0 Å². The number of aliphatic carboxylic acids is 1. The average molecular weight is 1750 g/mol. The van der Waals surface area contributed by atoms with Gasteiger partial charge in [0.1, 0.15) is 42.9 Å². The molecule has 24 nitrogen and oxygen atoms in total. The number of anilines is 1. The standard InChI is InChI=1S/C13H17ClN4O4.C9H17NO2.C5H11NO2.C4HCl2N3O2.C4H9NO2.C4H6O.CH4.Cl2OS.I3.I2/c1-3-9(12(19)22-2)17(8-5-4-6-8)11-10(18(20)21)7-15-13(14)16-11;1-2-8(9(12)6-11)10-7-4-3-5-7;1-3-4(6)5(7)8-2;5-3-2(9(10)11)1-7-4(6)8-3;1-2-3(5)4(6)7;5-4-2-1-3-4;;1-4(2)3;1-3-2;1-2/h7-9H,3-6H2,1-2H3;7-8,10-11H,2-6H2,1H3;4H,3,6H2,1-2H3;1H;3H,2,5H2,1H3,(H,6,7);1-3H2;1H4;;;/q;;;;;;;;-1;/t9-;8-;4-;;3-;;;;;/m111.1...../s1. The SMILES string of the molecule is C.CC[C@@H](N)C(=O)O.CC[C@@H](N)C(=O)OC.CC[C@@H](NC1CCC1)C(=O)CO.CC[C@H](C(=O)OC)N(c1nc(Cl)ncc1[N+](=O)[O-])C1CCC1.II.I[I-]I.O=C1CCC1.O=S(Cl)Cl.O=[N+]([O-])c1cnc(Cl)nc1Cl. The summed E-state index contributed by atoms with van der Waals surface area (Å²) < 4.78 is 18.3. The molecule has 0 amide bonds. The Kier molecular flexibility index (Phi) is 57.5. The molecule has 0 bridgehead atoms. The molecule has 4 atom stereocenters. The monoisotopic (exact) mass is 1750 g/mol. The Hall–Kier alpha value is -0.400. The van der Waals surface area contributed by atoms with Crippen LogP contribution in [0.2, 0.25) is 15.7 Å². The number of aromatic nitrogens is 4. The fraction of sp³-hybridized carbons (Fsp3) is 0.675. The molecule has 0 saturated heterocycles. The quantitative estimate of drug-likeness (QED) is 0.0211. The molecule has 3 aliphatic rings. The van der Waals surface area contributed by atoms with Gasteiger partial charge in [-0.05, 0) is 87.4 Å². The van der Waals surface area contributed by atoms with Crippen molar-refractivity contribution in [2.24, 2.45) is 11.5 Å². The third-order valence-electron chi connectivity index (χ3n) is 9.82. The van der Waals surface area contributed by atoms with Crippen LogP contribution in [0.5, 0.6) is 0 Å². The van der Waals surface area contributed by atoms with Gasteiger partial charge in [0, 0.05) is 83.5 Å². The zero-order valence-corrected chi connectivity index (χ0v) is 56.2. The number of carbonyl (C=O) groups excluding carboxylic acids is 4. The van der Waals surface area contributed by atoms with Gasteiger partial charge in [-0.15, -0.1) is 0 Å². The van der Waals surface area contributed by atoms with Gasteiger partial charge in [0.2, 0.25) is 30.8 Å². The van der Waals surface area contributed by atoms with E-state index in [1.807, 2.05) is 20.8 Å². The molecule has 2 aromatic rings. The van der Waals surface area contributed by atoms with Crippen LogP contribution in [0.3, 0.4) is 0 Å². The summed E-state index contributed by atoms with van der Waals surface area (Å²) >= 11 is 26.0. The Bertz CT molecular complexity index is 2000. The number of hydrogen-bond acceptors (Lipinski definition) is 21. The number of Topliss-reactive ketones (excluding diaryl/α,β-unsaturated/α-hetero) is 2. The molecule has 75 heavy (non-hydrogen) atoms. The van der Waals surface area contributed by atoms with Crippen molar-refractivity contribution in [3.05, 3.63) is 48.3 Å². The van der Waals surface area contributed by atoms with Crippen LogP contribution < -0.4 is 34.9 Å². The van der Waals surface area contributed by atoms with Gasteiger partial charge in [-0.2, -0.15) is 9.97 Å². The first-order valence-electron chi connectivity index (χ1n) is 21.7. The van der Waals surface area contributed by atoms with Crippen molar-refractivity contribution in [3.8, 4) is 0 Å². The first kappa shape index (κ1) is 83.4. The summed E-state index contributed by atoms with van der Waals surface area (Å²) in [6, 6.07) is -1.36. The number of rotatable bonds is 16. The zero-order valence-electron chi connectivity index (χ0n) is 40.8. The number of nitro groups is 2. The van der Waals surface area contributed by atoms with Crippen molar-refractivity contribution in [3.63, 3.8) is 0 Å². The number of aliphatic hydroxyl groups excluding tert-OH is 1. The molecule has 0 aromatic carbocycles. The van der Waals surface area contributed by atoms with E-state index in [0.29, 0.717) is 44.3 Å². The number of nitrogens with two attached hydrogens (primary N) is 2. The number of ketones is 2. The van der Waals surface area contributed by atoms with E-state index in [0.717, 1.165) is 57.3 Å². The predicted octanol–water partition coefficient (Wildman–Crippen LogP) is 7.18. The number of nitrogens with one attached hydrogen (secondary N) is 1. The summed E-state index contributed by atoms with van der Waals surface area (Å²) in [6.45, 7) is 7.02. The van der Waals surface area contributed by atoms with E-state index in [1.165, 1.54) is 33.5 Å². The van der Waals surface area contributed by atoms with E-state index in [4.69, 9.17) is 65.4 Å². The minimum absolute atomic E-state index is 0. The molecular weight excluding hydrogens is 1690 g/mol. The van der Waals surface area contributed by atoms with Crippen LogP contribution in [0, 0.1) is 20.2 Å². The molecule has 436 valence electrons. The van der Waals surface area contributed by atoms with Crippen molar-refractivity contribution in [2.45, 2.75) is 155 Å². The van der Waals surface area contributed by atoms with Gasteiger partial charge >= 0.3 is 79.8 Å². The number of hydrogen-bond donors (Lipinski definition) is 5. The van der Waals surface area contributed by atoms with Gasteiger partial charge in [-0.3, -0.25) is 39.4 Å².